The third-order valence-electron chi connectivity index (χ3n) is 2.53. The monoisotopic (exact) mass is 213 g/mol. The highest BCUT2D eigenvalue weighted by molar-refractivity contribution is 6.12. The summed E-state index contributed by atoms with van der Waals surface area (Å²) >= 11 is 0. The topological polar surface area (TPSA) is 37.6 Å². The molecule has 0 bridgehead atoms. The minimum Gasteiger partial charge on any atom is -0.288 e. The van der Waals surface area contributed by atoms with E-state index in [4.69, 9.17) is 0 Å². The van der Waals surface area contributed by atoms with Crippen molar-refractivity contribution in [2.45, 2.75) is 0 Å². The number of fused-ring (bicyclic) bond motifs is 1. The van der Waals surface area contributed by atoms with E-state index in [9.17, 15) is 4.39 Å². The van der Waals surface area contributed by atoms with Crippen molar-refractivity contribution in [2.75, 3.05) is 6.54 Å². The van der Waals surface area contributed by atoms with Gasteiger partial charge in [0.2, 0.25) is 0 Å². The summed E-state index contributed by atoms with van der Waals surface area (Å²) in [5, 5.41) is 0. The van der Waals surface area contributed by atoms with Crippen molar-refractivity contribution in [3.05, 3.63) is 53.3 Å². The molecular formula is C12H8FN3. The van der Waals surface area contributed by atoms with Gasteiger partial charge in [0, 0.05) is 23.5 Å². The zero-order chi connectivity index (χ0) is 11.0. The lowest BCUT2D eigenvalue weighted by molar-refractivity contribution is 0.619. The molecule has 1 aromatic heterocycles. The first-order chi connectivity index (χ1) is 7.84. The fourth-order valence-electron chi connectivity index (χ4n) is 1.74. The molecule has 3 rings (SSSR count). The number of aromatic nitrogens is 1. The van der Waals surface area contributed by atoms with E-state index in [2.05, 4.69) is 15.0 Å². The van der Waals surface area contributed by atoms with Crippen molar-refractivity contribution in [3.8, 4) is 0 Å². The number of hydrogen-bond donors (Lipinski definition) is 0. The van der Waals surface area contributed by atoms with E-state index in [-0.39, 0.29) is 5.82 Å². The Morgan fingerprint density at radius 3 is 3.06 bits per heavy atom. The van der Waals surface area contributed by atoms with E-state index in [0.717, 1.165) is 11.3 Å². The van der Waals surface area contributed by atoms with Gasteiger partial charge in [0.15, 0.2) is 5.82 Å². The summed E-state index contributed by atoms with van der Waals surface area (Å²) in [4.78, 5) is 12.2. The number of allylic oxidation sites excluding steroid dienone is 2. The van der Waals surface area contributed by atoms with Gasteiger partial charge in [-0.1, -0.05) is 0 Å². The lowest BCUT2D eigenvalue weighted by atomic mass is 10.1. The zero-order valence-corrected chi connectivity index (χ0v) is 8.39. The Morgan fingerprint density at radius 1 is 1.31 bits per heavy atom. The van der Waals surface area contributed by atoms with Gasteiger partial charge in [-0.15, -0.1) is 0 Å². The molecule has 0 N–H and O–H groups in total. The summed E-state index contributed by atoms with van der Waals surface area (Å²) in [6, 6.07) is 1.63. The Bertz CT molecular complexity index is 567. The molecule has 0 saturated carbocycles. The fourth-order valence-corrected chi connectivity index (χ4v) is 1.74. The quantitative estimate of drug-likeness (QED) is 0.702. The molecule has 3 heterocycles. The van der Waals surface area contributed by atoms with Crippen molar-refractivity contribution < 1.29 is 4.39 Å². The minimum absolute atomic E-state index is 0.349. The molecule has 0 atom stereocenters. The van der Waals surface area contributed by atoms with E-state index in [1.54, 1.807) is 18.5 Å². The molecule has 0 aliphatic carbocycles. The number of nitrogens with zero attached hydrogens (tertiary/aromatic N) is 3. The Balaban J connectivity index is 2.06. The third-order valence-corrected chi connectivity index (χ3v) is 2.53. The first-order valence-corrected chi connectivity index (χ1v) is 4.94. The Morgan fingerprint density at radius 2 is 2.25 bits per heavy atom. The molecule has 3 nitrogen and oxygen atoms in total. The molecule has 2 aliphatic rings. The molecule has 0 radical (unpaired) electrons. The van der Waals surface area contributed by atoms with Crippen LogP contribution in [-0.2, 0) is 0 Å². The summed E-state index contributed by atoms with van der Waals surface area (Å²) in [6.45, 7) is 0.617. The molecule has 0 spiro atoms. The van der Waals surface area contributed by atoms with Gasteiger partial charge in [0.1, 0.15) is 0 Å². The van der Waals surface area contributed by atoms with Crippen LogP contribution in [0.5, 0.6) is 0 Å². The summed E-state index contributed by atoms with van der Waals surface area (Å²) in [7, 11) is 0. The van der Waals surface area contributed by atoms with Crippen LogP contribution in [0.4, 0.5) is 4.39 Å². The van der Waals surface area contributed by atoms with Gasteiger partial charge in [-0.05, 0) is 18.2 Å². The van der Waals surface area contributed by atoms with Crippen molar-refractivity contribution in [2.24, 2.45) is 9.98 Å². The van der Waals surface area contributed by atoms with Gasteiger partial charge in [-0.3, -0.25) is 9.98 Å². The van der Waals surface area contributed by atoms with Crippen molar-refractivity contribution in [3.63, 3.8) is 0 Å². The van der Waals surface area contributed by atoms with E-state index < -0.39 is 0 Å². The Hall–Kier alpha value is -2.10. The van der Waals surface area contributed by atoms with Gasteiger partial charge in [0.05, 0.1) is 24.2 Å². The van der Waals surface area contributed by atoms with Crippen LogP contribution >= 0.6 is 0 Å². The molecule has 0 unspecified atom stereocenters. The lowest BCUT2D eigenvalue weighted by Gasteiger charge is -2.01. The smallest absolute Gasteiger partial charge is 0.150 e. The number of hydrogen-bond acceptors (Lipinski definition) is 3. The van der Waals surface area contributed by atoms with Gasteiger partial charge < -0.3 is 0 Å². The van der Waals surface area contributed by atoms with Crippen molar-refractivity contribution >= 4 is 11.9 Å². The number of aliphatic imine (C=N–C) groups is 2. The average molecular weight is 213 g/mol. The predicted molar refractivity (Wildman–Crippen MR) is 60.3 cm³/mol. The summed E-state index contributed by atoms with van der Waals surface area (Å²) < 4.78 is 13.5. The Kier molecular flexibility index (Phi) is 1.99. The predicted octanol–water partition coefficient (Wildman–Crippen LogP) is 1.92. The summed E-state index contributed by atoms with van der Waals surface area (Å²) in [6.07, 6.45) is 8.19. The zero-order valence-electron chi connectivity index (χ0n) is 8.39. The molecule has 4 heteroatoms. The van der Waals surface area contributed by atoms with E-state index in [1.165, 1.54) is 6.20 Å². The molecule has 0 saturated heterocycles. The number of dihydropyridines is 1. The molecule has 2 aliphatic heterocycles. The van der Waals surface area contributed by atoms with E-state index >= 15 is 0 Å². The van der Waals surface area contributed by atoms with Crippen molar-refractivity contribution in [1.82, 2.24) is 4.98 Å². The van der Waals surface area contributed by atoms with E-state index in [0.29, 0.717) is 17.8 Å². The minimum atomic E-state index is -0.349. The van der Waals surface area contributed by atoms with Gasteiger partial charge in [0.25, 0.3) is 0 Å². The Labute approximate surface area is 91.8 Å². The lowest BCUT2D eigenvalue weighted by Crippen LogP contribution is -1.98. The first kappa shape index (κ1) is 9.15. The second-order valence-corrected chi connectivity index (χ2v) is 3.56. The number of rotatable bonds is 1. The first-order valence-electron chi connectivity index (χ1n) is 4.94. The molecule has 0 amide bonds. The van der Waals surface area contributed by atoms with Gasteiger partial charge in [-0.25, -0.2) is 9.38 Å². The molecule has 16 heavy (non-hydrogen) atoms. The second kappa shape index (κ2) is 3.48. The average Bonchev–Trinajstić information content (AvgIpc) is 2.73. The molecule has 78 valence electrons. The SMILES string of the molecule is Fc1cnccc1C1=NC2=CC=NCC2=C1. The van der Waals surface area contributed by atoms with Crippen LogP contribution < -0.4 is 0 Å². The highest BCUT2D eigenvalue weighted by atomic mass is 19.1. The van der Waals surface area contributed by atoms with Gasteiger partial charge >= 0.3 is 0 Å². The fraction of sp³-hybridized carbons (Fsp3) is 0.0833. The van der Waals surface area contributed by atoms with Crippen LogP contribution in [0.15, 0.2) is 51.9 Å². The van der Waals surface area contributed by atoms with Crippen LogP contribution in [0.3, 0.4) is 0 Å². The summed E-state index contributed by atoms with van der Waals surface area (Å²) in [5.41, 5.74) is 3.04. The van der Waals surface area contributed by atoms with Gasteiger partial charge in [-0.2, -0.15) is 0 Å². The maximum absolute atomic E-state index is 13.5. The van der Waals surface area contributed by atoms with E-state index in [1.807, 2.05) is 12.2 Å². The number of halogens is 1. The maximum Gasteiger partial charge on any atom is 0.150 e. The second-order valence-electron chi connectivity index (χ2n) is 3.56. The molecule has 0 aromatic carbocycles. The normalized spacial score (nSPS) is 17.7. The number of pyridine rings is 1. The maximum atomic E-state index is 13.5. The van der Waals surface area contributed by atoms with Crippen LogP contribution in [-0.4, -0.2) is 23.5 Å². The molecule has 0 fully saturated rings. The summed E-state index contributed by atoms with van der Waals surface area (Å²) in [5.74, 6) is -0.349. The van der Waals surface area contributed by atoms with Crippen molar-refractivity contribution in [1.29, 1.82) is 0 Å². The standard InChI is InChI=1S/C12H8FN3/c13-10-7-15-3-1-9(10)12-5-8-6-14-4-2-11(8)16-12/h1-5,7H,6H2. The van der Waals surface area contributed by atoms with Crippen LogP contribution in [0.2, 0.25) is 0 Å². The van der Waals surface area contributed by atoms with Crippen LogP contribution in [0.1, 0.15) is 5.56 Å². The highest BCUT2D eigenvalue weighted by Crippen LogP contribution is 2.24. The third kappa shape index (κ3) is 1.39. The highest BCUT2D eigenvalue weighted by Gasteiger charge is 2.18. The molecule has 1 aromatic rings. The largest absolute Gasteiger partial charge is 0.288 e. The molecular weight excluding hydrogens is 205 g/mol. The van der Waals surface area contributed by atoms with Crippen LogP contribution in [0, 0.1) is 5.82 Å². The van der Waals surface area contributed by atoms with Crippen LogP contribution in [0.25, 0.3) is 0 Å².